The molecule has 1 aromatic carbocycles. The molecule has 0 saturated carbocycles. The first-order chi connectivity index (χ1) is 7.63. The zero-order valence-corrected chi connectivity index (χ0v) is 11.5. The first kappa shape index (κ1) is 13.6. The Bertz CT molecular complexity index is 359. The number of rotatable bonds is 5. The van der Waals surface area contributed by atoms with Gasteiger partial charge in [-0.1, -0.05) is 35.4 Å². The average Bonchev–Trinajstić information content (AvgIpc) is 2.25. The molecule has 1 atom stereocenters. The molecule has 1 aromatic rings. The van der Waals surface area contributed by atoms with Gasteiger partial charge in [0.15, 0.2) is 0 Å². The number of hydrogen-bond acceptors (Lipinski definition) is 2. The van der Waals surface area contributed by atoms with E-state index in [4.69, 9.17) is 11.6 Å². The third-order valence-electron chi connectivity index (χ3n) is 2.16. The normalized spacial score (nSPS) is 12.2. The van der Waals surface area contributed by atoms with Crippen molar-refractivity contribution in [1.82, 2.24) is 5.32 Å². The monoisotopic (exact) mass is 255 g/mol. The van der Waals surface area contributed by atoms with Crippen LogP contribution in [0, 0.1) is 0 Å². The van der Waals surface area contributed by atoms with Gasteiger partial charge in [0, 0.05) is 16.7 Å². The summed E-state index contributed by atoms with van der Waals surface area (Å²) >= 11 is 7.88. The lowest BCUT2D eigenvalue weighted by atomic mass is 10.2. The van der Waals surface area contributed by atoms with E-state index < -0.39 is 0 Å². The molecule has 1 nitrogen and oxygen atoms in total. The maximum absolute atomic E-state index is 6.10. The lowest BCUT2D eigenvalue weighted by Crippen LogP contribution is -2.25. The molecule has 1 rings (SSSR count). The van der Waals surface area contributed by atoms with Gasteiger partial charge < -0.3 is 5.32 Å². The van der Waals surface area contributed by atoms with Crippen LogP contribution in [0.3, 0.4) is 0 Å². The summed E-state index contributed by atoms with van der Waals surface area (Å²) in [4.78, 5) is 1.14. The first-order valence-corrected chi connectivity index (χ1v) is 6.69. The van der Waals surface area contributed by atoms with Gasteiger partial charge in [-0.25, -0.2) is 0 Å². The largest absolute Gasteiger partial charge is 0.313 e. The fourth-order valence-electron chi connectivity index (χ4n) is 1.36. The molecule has 3 heteroatoms. The van der Waals surface area contributed by atoms with Crippen LogP contribution in [-0.4, -0.2) is 18.8 Å². The Balaban J connectivity index is 2.56. The van der Waals surface area contributed by atoms with E-state index in [9.17, 15) is 0 Å². The highest BCUT2D eigenvalue weighted by molar-refractivity contribution is 7.99. The third-order valence-corrected chi connectivity index (χ3v) is 3.79. The zero-order valence-electron chi connectivity index (χ0n) is 9.96. The minimum absolute atomic E-state index is 0.395. The molecule has 16 heavy (non-hydrogen) atoms. The van der Waals surface area contributed by atoms with Gasteiger partial charge in [0.1, 0.15) is 0 Å². The lowest BCUT2D eigenvalue weighted by molar-refractivity contribution is 0.733. The molecular formula is C13H18ClNS. The molecule has 0 aliphatic rings. The summed E-state index contributed by atoms with van der Waals surface area (Å²) in [5, 5.41) is 4.12. The summed E-state index contributed by atoms with van der Waals surface area (Å²) in [7, 11) is 1.98. The van der Waals surface area contributed by atoms with Crippen LogP contribution in [0.5, 0.6) is 0 Å². The molecule has 0 heterocycles. The van der Waals surface area contributed by atoms with Crippen molar-refractivity contribution in [1.29, 1.82) is 0 Å². The van der Waals surface area contributed by atoms with E-state index in [2.05, 4.69) is 31.3 Å². The van der Waals surface area contributed by atoms with E-state index in [0.717, 1.165) is 15.7 Å². The van der Waals surface area contributed by atoms with Gasteiger partial charge in [-0.05, 0) is 33.0 Å². The van der Waals surface area contributed by atoms with Crippen LogP contribution in [0.25, 0.3) is 0 Å². The number of allylic oxidation sites excluding steroid dienone is 1. The van der Waals surface area contributed by atoms with Gasteiger partial charge in [0.25, 0.3) is 0 Å². The van der Waals surface area contributed by atoms with Crippen molar-refractivity contribution in [2.75, 3.05) is 12.8 Å². The van der Waals surface area contributed by atoms with Crippen LogP contribution in [-0.2, 0) is 0 Å². The fourth-order valence-corrected chi connectivity index (χ4v) is 2.66. The molecule has 0 radical (unpaired) electrons. The van der Waals surface area contributed by atoms with E-state index in [1.54, 1.807) is 11.8 Å². The summed E-state index contributed by atoms with van der Waals surface area (Å²) in [6, 6.07) is 8.36. The zero-order chi connectivity index (χ0) is 12.0. The van der Waals surface area contributed by atoms with E-state index in [1.165, 1.54) is 5.57 Å². The van der Waals surface area contributed by atoms with Crippen molar-refractivity contribution >= 4 is 23.4 Å². The maximum atomic E-state index is 6.10. The van der Waals surface area contributed by atoms with Crippen LogP contribution in [0.2, 0.25) is 5.02 Å². The number of benzene rings is 1. The van der Waals surface area contributed by atoms with E-state index in [1.807, 2.05) is 25.2 Å². The summed E-state index contributed by atoms with van der Waals surface area (Å²) in [5.41, 5.74) is 1.33. The molecule has 1 unspecified atom stereocenters. The smallest absolute Gasteiger partial charge is 0.0541 e. The van der Waals surface area contributed by atoms with Crippen molar-refractivity contribution in [2.24, 2.45) is 0 Å². The number of halogens is 1. The second-order valence-electron chi connectivity index (χ2n) is 3.88. The molecular weight excluding hydrogens is 238 g/mol. The molecule has 1 N–H and O–H groups in total. The number of nitrogens with one attached hydrogen (secondary N) is 1. The summed E-state index contributed by atoms with van der Waals surface area (Å²) in [6.07, 6.45) is 2.24. The van der Waals surface area contributed by atoms with Gasteiger partial charge in [-0.3, -0.25) is 0 Å². The minimum atomic E-state index is 0.395. The Hall–Kier alpha value is -0.440. The Morgan fingerprint density at radius 2 is 2.12 bits per heavy atom. The number of likely N-dealkylation sites (N-methyl/N-ethyl adjacent to an activating group) is 1. The second-order valence-corrected chi connectivity index (χ2v) is 5.35. The van der Waals surface area contributed by atoms with Crippen LogP contribution in [0.1, 0.15) is 13.8 Å². The SMILES string of the molecule is CNC(C=C(C)C)CSc1ccccc1Cl. The van der Waals surface area contributed by atoms with Crippen molar-refractivity contribution in [3.05, 3.63) is 40.9 Å². The van der Waals surface area contributed by atoms with Crippen LogP contribution in [0.4, 0.5) is 0 Å². The topological polar surface area (TPSA) is 12.0 Å². The van der Waals surface area contributed by atoms with Gasteiger partial charge in [-0.15, -0.1) is 11.8 Å². The van der Waals surface area contributed by atoms with Gasteiger partial charge in [-0.2, -0.15) is 0 Å². The summed E-state index contributed by atoms with van der Waals surface area (Å²) < 4.78 is 0. The molecule has 0 saturated heterocycles. The van der Waals surface area contributed by atoms with Gasteiger partial charge in [0.05, 0.1) is 5.02 Å². The maximum Gasteiger partial charge on any atom is 0.0541 e. The molecule has 0 amide bonds. The van der Waals surface area contributed by atoms with Crippen molar-refractivity contribution in [3.63, 3.8) is 0 Å². The molecule has 0 aliphatic heterocycles. The molecule has 0 fully saturated rings. The predicted octanol–water partition coefficient (Wildman–Crippen LogP) is 3.99. The van der Waals surface area contributed by atoms with Crippen LogP contribution >= 0.6 is 23.4 Å². The van der Waals surface area contributed by atoms with Crippen molar-refractivity contribution in [3.8, 4) is 0 Å². The van der Waals surface area contributed by atoms with Gasteiger partial charge >= 0.3 is 0 Å². The Labute approximate surface area is 107 Å². The average molecular weight is 256 g/mol. The molecule has 0 spiro atoms. The second kappa shape index (κ2) is 7.00. The van der Waals surface area contributed by atoms with Crippen LogP contribution in [0.15, 0.2) is 40.8 Å². The first-order valence-electron chi connectivity index (χ1n) is 5.33. The molecule has 0 bridgehead atoms. The van der Waals surface area contributed by atoms with Gasteiger partial charge in [0.2, 0.25) is 0 Å². The Morgan fingerprint density at radius 1 is 1.44 bits per heavy atom. The Kier molecular flexibility index (Phi) is 5.96. The Morgan fingerprint density at radius 3 is 2.69 bits per heavy atom. The highest BCUT2D eigenvalue weighted by Crippen LogP contribution is 2.27. The van der Waals surface area contributed by atoms with Crippen molar-refractivity contribution in [2.45, 2.75) is 24.8 Å². The number of thioether (sulfide) groups is 1. The number of hydrogen-bond donors (Lipinski definition) is 1. The predicted molar refractivity (Wildman–Crippen MR) is 74.5 cm³/mol. The van der Waals surface area contributed by atoms with E-state index >= 15 is 0 Å². The van der Waals surface area contributed by atoms with E-state index in [-0.39, 0.29) is 0 Å². The van der Waals surface area contributed by atoms with E-state index in [0.29, 0.717) is 6.04 Å². The summed E-state index contributed by atoms with van der Waals surface area (Å²) in [5.74, 6) is 0.991. The third kappa shape index (κ3) is 4.60. The lowest BCUT2D eigenvalue weighted by Gasteiger charge is -2.12. The minimum Gasteiger partial charge on any atom is -0.313 e. The molecule has 88 valence electrons. The standard InChI is InChI=1S/C13H18ClNS/c1-10(2)8-11(15-3)9-16-13-7-5-4-6-12(13)14/h4-8,11,15H,9H2,1-3H3. The fraction of sp³-hybridized carbons (Fsp3) is 0.385. The molecule has 0 aliphatic carbocycles. The van der Waals surface area contributed by atoms with Crippen LogP contribution < -0.4 is 5.32 Å². The molecule has 0 aromatic heterocycles. The quantitative estimate of drug-likeness (QED) is 0.631. The highest BCUT2D eigenvalue weighted by atomic mass is 35.5. The summed E-state index contributed by atoms with van der Waals surface area (Å²) in [6.45, 7) is 4.23. The van der Waals surface area contributed by atoms with Crippen molar-refractivity contribution < 1.29 is 0 Å². The highest BCUT2D eigenvalue weighted by Gasteiger charge is 2.05.